The first-order valence-corrected chi connectivity index (χ1v) is 8.18. The summed E-state index contributed by atoms with van der Waals surface area (Å²) in [5.41, 5.74) is 8.40. The van der Waals surface area contributed by atoms with E-state index in [2.05, 4.69) is 30.1 Å². The normalized spacial score (nSPS) is 13.0. The smallest absolute Gasteiger partial charge is 0.426 e. The molecular weight excluding hydrogens is 375 g/mol. The van der Waals surface area contributed by atoms with Crippen LogP contribution in [0.15, 0.2) is 43.2 Å². The summed E-state index contributed by atoms with van der Waals surface area (Å²) in [6.07, 6.45) is 2.53. The Kier molecular flexibility index (Phi) is 4.43. The van der Waals surface area contributed by atoms with Crippen molar-refractivity contribution in [2.45, 2.75) is 12.3 Å². The third-order valence-corrected chi connectivity index (χ3v) is 4.09. The van der Waals surface area contributed by atoms with Crippen molar-refractivity contribution >= 4 is 11.0 Å². The topological polar surface area (TPSA) is 118 Å². The maximum atomic E-state index is 12.9. The van der Waals surface area contributed by atoms with Crippen LogP contribution in [0.3, 0.4) is 0 Å². The summed E-state index contributed by atoms with van der Waals surface area (Å²) in [4.78, 5) is 15.5. The molecule has 4 N–H and O–H groups in total. The van der Waals surface area contributed by atoms with Crippen molar-refractivity contribution in [2.24, 2.45) is 5.73 Å². The van der Waals surface area contributed by atoms with Crippen molar-refractivity contribution in [3.8, 4) is 28.3 Å². The summed E-state index contributed by atoms with van der Waals surface area (Å²) in [5, 5.41) is 7.38. The van der Waals surface area contributed by atoms with Gasteiger partial charge in [0, 0.05) is 47.2 Å². The number of hydrogen-bond acceptors (Lipinski definition) is 6. The van der Waals surface area contributed by atoms with E-state index in [0.29, 0.717) is 16.9 Å². The van der Waals surface area contributed by atoms with Gasteiger partial charge in [-0.25, -0.2) is 9.97 Å². The van der Waals surface area contributed by atoms with E-state index in [1.54, 1.807) is 24.8 Å². The van der Waals surface area contributed by atoms with E-state index in [1.807, 2.05) is 6.07 Å². The lowest BCUT2D eigenvalue weighted by Gasteiger charge is -2.19. The van der Waals surface area contributed by atoms with Crippen LogP contribution in [-0.4, -0.2) is 49.0 Å². The van der Waals surface area contributed by atoms with Crippen molar-refractivity contribution in [2.75, 3.05) is 6.54 Å². The molecule has 1 atom stereocenters. The molecule has 0 aliphatic heterocycles. The molecule has 4 aromatic heterocycles. The highest BCUT2D eigenvalue weighted by Crippen LogP contribution is 2.31. The summed E-state index contributed by atoms with van der Waals surface area (Å²) in [5.74, 6) is -0.265. The van der Waals surface area contributed by atoms with E-state index < -0.39 is 18.8 Å². The van der Waals surface area contributed by atoms with Crippen LogP contribution in [0.2, 0.25) is 0 Å². The number of fused-ring (bicyclic) bond motifs is 1. The first-order valence-electron chi connectivity index (χ1n) is 8.18. The number of ether oxygens (including phenoxy) is 1. The number of aromatic amines is 2. The van der Waals surface area contributed by atoms with Gasteiger partial charge in [-0.05, 0) is 6.07 Å². The first kappa shape index (κ1) is 17.9. The molecule has 28 heavy (non-hydrogen) atoms. The maximum Gasteiger partial charge on any atom is 0.426 e. The molecule has 144 valence electrons. The van der Waals surface area contributed by atoms with Crippen molar-refractivity contribution in [3.63, 3.8) is 0 Å². The Morgan fingerprint density at radius 3 is 2.68 bits per heavy atom. The van der Waals surface area contributed by atoms with Gasteiger partial charge in [0.2, 0.25) is 12.0 Å². The Hall–Kier alpha value is -3.47. The van der Waals surface area contributed by atoms with Crippen molar-refractivity contribution in [3.05, 3.63) is 43.2 Å². The average molecular weight is 389 g/mol. The lowest BCUT2D eigenvalue weighted by atomic mass is 10.1. The number of nitrogens with one attached hydrogen (secondary N) is 2. The fourth-order valence-corrected chi connectivity index (χ4v) is 2.71. The van der Waals surface area contributed by atoms with Gasteiger partial charge >= 0.3 is 6.18 Å². The Labute approximate surface area is 156 Å². The SMILES string of the molecule is NCC(Oc1cncc(-c2c[nH]c3ncc(-c4cn[nH]c4)cc23)n1)C(F)(F)F. The minimum atomic E-state index is -4.60. The van der Waals surface area contributed by atoms with Crippen molar-refractivity contribution in [1.29, 1.82) is 0 Å². The van der Waals surface area contributed by atoms with E-state index in [1.165, 1.54) is 6.20 Å². The molecule has 0 bridgehead atoms. The number of hydrogen-bond donors (Lipinski definition) is 3. The molecule has 0 aromatic carbocycles. The lowest BCUT2D eigenvalue weighted by Crippen LogP contribution is -2.41. The molecule has 0 radical (unpaired) electrons. The van der Waals surface area contributed by atoms with Crippen LogP contribution in [0.25, 0.3) is 33.4 Å². The van der Waals surface area contributed by atoms with Crippen molar-refractivity contribution in [1.82, 2.24) is 30.1 Å². The van der Waals surface area contributed by atoms with Gasteiger partial charge in [-0.3, -0.25) is 10.1 Å². The molecule has 0 amide bonds. The molecule has 11 heteroatoms. The third-order valence-electron chi connectivity index (χ3n) is 4.09. The monoisotopic (exact) mass is 389 g/mol. The minimum absolute atomic E-state index is 0.265. The van der Waals surface area contributed by atoms with E-state index in [0.717, 1.165) is 22.7 Å². The van der Waals surface area contributed by atoms with Gasteiger partial charge in [0.1, 0.15) is 5.65 Å². The molecule has 4 heterocycles. The lowest BCUT2D eigenvalue weighted by molar-refractivity contribution is -0.192. The van der Waals surface area contributed by atoms with Crippen LogP contribution in [0.5, 0.6) is 5.88 Å². The molecule has 8 nitrogen and oxygen atoms in total. The summed E-state index contributed by atoms with van der Waals surface area (Å²) in [6.45, 7) is -0.722. The number of aromatic nitrogens is 6. The van der Waals surface area contributed by atoms with E-state index in [4.69, 9.17) is 10.5 Å². The second-order valence-corrected chi connectivity index (χ2v) is 5.94. The molecular formula is C17H14F3N7O. The van der Waals surface area contributed by atoms with Gasteiger partial charge in [0.15, 0.2) is 0 Å². The third kappa shape index (κ3) is 3.39. The Morgan fingerprint density at radius 2 is 1.96 bits per heavy atom. The fourth-order valence-electron chi connectivity index (χ4n) is 2.71. The Morgan fingerprint density at radius 1 is 1.11 bits per heavy atom. The molecule has 0 saturated heterocycles. The van der Waals surface area contributed by atoms with Crippen molar-refractivity contribution < 1.29 is 17.9 Å². The number of alkyl halides is 3. The highest BCUT2D eigenvalue weighted by molar-refractivity contribution is 5.94. The van der Waals surface area contributed by atoms with Crippen LogP contribution in [0.4, 0.5) is 13.2 Å². The standard InChI is InChI=1S/C17H14F3N7O/c18-17(19,20)14(2-21)28-15-8-22-7-13(27-15)12-6-24-16-11(12)1-9(3-23-16)10-4-25-26-5-10/h1,3-8,14H,2,21H2,(H,23,24)(H,25,26). The van der Waals surface area contributed by atoms with Gasteiger partial charge in [-0.2, -0.15) is 18.3 Å². The molecule has 1 unspecified atom stereocenters. The van der Waals surface area contributed by atoms with Crippen LogP contribution >= 0.6 is 0 Å². The quantitative estimate of drug-likeness (QED) is 0.483. The predicted octanol–water partition coefficient (Wildman–Crippen LogP) is 2.68. The largest absolute Gasteiger partial charge is 0.462 e. The first-order chi connectivity index (χ1) is 13.5. The second-order valence-electron chi connectivity index (χ2n) is 5.94. The molecule has 0 aliphatic carbocycles. The van der Waals surface area contributed by atoms with E-state index >= 15 is 0 Å². The number of rotatable bonds is 5. The summed E-state index contributed by atoms with van der Waals surface area (Å²) < 4.78 is 43.6. The molecule has 0 saturated carbocycles. The van der Waals surface area contributed by atoms with E-state index in [-0.39, 0.29) is 5.88 Å². The average Bonchev–Trinajstić information content (AvgIpc) is 3.34. The van der Waals surface area contributed by atoms with Gasteiger partial charge in [0.25, 0.3) is 0 Å². The second kappa shape index (κ2) is 6.93. The molecule has 0 aliphatic rings. The maximum absolute atomic E-state index is 12.9. The number of halogens is 3. The van der Waals surface area contributed by atoms with Crippen LogP contribution in [0, 0.1) is 0 Å². The number of nitrogens with two attached hydrogens (primary N) is 1. The summed E-state index contributed by atoms with van der Waals surface area (Å²) in [6, 6.07) is 1.88. The Balaban J connectivity index is 1.71. The summed E-state index contributed by atoms with van der Waals surface area (Å²) >= 11 is 0. The highest BCUT2D eigenvalue weighted by atomic mass is 19.4. The van der Waals surface area contributed by atoms with Crippen LogP contribution < -0.4 is 10.5 Å². The van der Waals surface area contributed by atoms with E-state index in [9.17, 15) is 13.2 Å². The van der Waals surface area contributed by atoms with Gasteiger partial charge in [-0.1, -0.05) is 0 Å². The zero-order chi connectivity index (χ0) is 19.7. The van der Waals surface area contributed by atoms with Crippen LogP contribution in [0.1, 0.15) is 0 Å². The van der Waals surface area contributed by atoms with Gasteiger partial charge in [0.05, 0.1) is 24.3 Å². The summed E-state index contributed by atoms with van der Waals surface area (Å²) in [7, 11) is 0. The number of H-pyrrole nitrogens is 2. The zero-order valence-corrected chi connectivity index (χ0v) is 14.2. The molecule has 4 rings (SSSR count). The highest BCUT2D eigenvalue weighted by Gasteiger charge is 2.41. The number of pyridine rings is 1. The van der Waals surface area contributed by atoms with Gasteiger partial charge < -0.3 is 15.5 Å². The van der Waals surface area contributed by atoms with Gasteiger partial charge in [-0.15, -0.1) is 0 Å². The number of nitrogens with zero attached hydrogens (tertiary/aromatic N) is 4. The zero-order valence-electron chi connectivity index (χ0n) is 14.2. The predicted molar refractivity (Wildman–Crippen MR) is 94.2 cm³/mol. The molecule has 0 spiro atoms. The molecule has 0 fully saturated rings. The molecule has 4 aromatic rings. The van der Waals surface area contributed by atoms with Crippen LogP contribution in [-0.2, 0) is 0 Å². The Bertz CT molecular complexity index is 1090. The minimum Gasteiger partial charge on any atom is -0.462 e. The fraction of sp³-hybridized carbons (Fsp3) is 0.176.